The maximum absolute atomic E-state index is 13.9. The first-order valence-electron chi connectivity index (χ1n) is 20.7. The minimum atomic E-state index is -0.739. The predicted molar refractivity (Wildman–Crippen MR) is 222 cm³/mol. The lowest BCUT2D eigenvalue weighted by molar-refractivity contribution is -0.136. The average molecular weight is 790 g/mol. The summed E-state index contributed by atoms with van der Waals surface area (Å²) >= 11 is 0. The van der Waals surface area contributed by atoms with Gasteiger partial charge in [0.25, 0.3) is 0 Å². The van der Waals surface area contributed by atoms with Gasteiger partial charge in [0, 0.05) is 43.0 Å². The van der Waals surface area contributed by atoms with E-state index in [2.05, 4.69) is 83.4 Å². The number of ether oxygens (including phenoxy) is 3. The number of fused-ring (bicyclic) bond motifs is 6. The molecule has 3 aliphatic heterocycles. The minimum Gasteiger partial charge on any atom is -0.488 e. The number of benzene rings is 3. The van der Waals surface area contributed by atoms with Crippen LogP contribution in [0.1, 0.15) is 96.0 Å². The lowest BCUT2D eigenvalue weighted by Gasteiger charge is -2.30. The number of carbonyl (C=O) groups is 3. The Morgan fingerprint density at radius 2 is 1.83 bits per heavy atom. The Kier molecular flexibility index (Phi) is 10.9. The molecule has 58 heavy (non-hydrogen) atoms. The summed E-state index contributed by atoms with van der Waals surface area (Å²) in [6.45, 7) is 11.6. The molecule has 0 spiro atoms. The van der Waals surface area contributed by atoms with Gasteiger partial charge in [-0.05, 0) is 84.4 Å². The number of rotatable bonds is 11. The average Bonchev–Trinajstić information content (AvgIpc) is 4.04. The zero-order valence-corrected chi connectivity index (χ0v) is 34.6. The first-order valence-corrected chi connectivity index (χ1v) is 20.7. The minimum absolute atomic E-state index is 0.0605. The van der Waals surface area contributed by atoms with Crippen molar-refractivity contribution in [3.8, 4) is 28.1 Å². The van der Waals surface area contributed by atoms with Gasteiger partial charge in [-0.25, -0.2) is 14.8 Å². The van der Waals surface area contributed by atoms with Crippen LogP contribution in [0.15, 0.2) is 48.7 Å². The first-order chi connectivity index (χ1) is 28.0. The van der Waals surface area contributed by atoms with E-state index in [1.165, 1.54) is 7.11 Å². The van der Waals surface area contributed by atoms with Crippen LogP contribution in [0.4, 0.5) is 4.79 Å². The number of hydrogen-bond acceptors (Lipinski definition) is 8. The summed E-state index contributed by atoms with van der Waals surface area (Å²) in [6, 6.07) is 14.0. The highest BCUT2D eigenvalue weighted by Crippen LogP contribution is 2.44. The summed E-state index contributed by atoms with van der Waals surface area (Å²) in [5, 5.41) is 4.81. The second kappa shape index (κ2) is 16.1. The smallest absolute Gasteiger partial charge is 0.407 e. The van der Waals surface area contributed by atoms with Crippen molar-refractivity contribution in [3.05, 3.63) is 65.9 Å². The molecule has 0 aliphatic carbocycles. The summed E-state index contributed by atoms with van der Waals surface area (Å²) in [4.78, 5) is 60.4. The number of nitrogens with one attached hydrogen (secondary N) is 3. The second-order valence-electron chi connectivity index (χ2n) is 16.9. The molecular formula is C45H55N7O6. The van der Waals surface area contributed by atoms with E-state index >= 15 is 0 Å². The van der Waals surface area contributed by atoms with Crippen molar-refractivity contribution in [3.63, 3.8) is 0 Å². The fraction of sp³-hybridized carbons (Fsp3) is 0.489. The molecule has 5 heterocycles. The molecule has 0 bridgehead atoms. The van der Waals surface area contributed by atoms with Gasteiger partial charge in [-0.2, -0.15) is 0 Å². The Morgan fingerprint density at radius 1 is 1.00 bits per heavy atom. The molecule has 13 heteroatoms. The number of carbonyl (C=O) groups excluding carboxylic acids is 3. The Morgan fingerprint density at radius 3 is 2.59 bits per heavy atom. The van der Waals surface area contributed by atoms with E-state index in [4.69, 9.17) is 24.2 Å². The van der Waals surface area contributed by atoms with Gasteiger partial charge in [0.05, 0.1) is 48.7 Å². The van der Waals surface area contributed by atoms with Gasteiger partial charge in [-0.15, -0.1) is 0 Å². The summed E-state index contributed by atoms with van der Waals surface area (Å²) in [5.74, 6) is 2.72. The van der Waals surface area contributed by atoms with Crippen LogP contribution < -0.4 is 10.1 Å². The van der Waals surface area contributed by atoms with Crippen molar-refractivity contribution in [2.75, 3.05) is 27.4 Å². The van der Waals surface area contributed by atoms with Crippen LogP contribution in [0.2, 0.25) is 0 Å². The largest absolute Gasteiger partial charge is 0.488 e. The Balaban J connectivity index is 1.05. The van der Waals surface area contributed by atoms with Crippen LogP contribution in [0.3, 0.4) is 0 Å². The van der Waals surface area contributed by atoms with Gasteiger partial charge in [0.2, 0.25) is 11.8 Å². The van der Waals surface area contributed by atoms with E-state index in [1.54, 1.807) is 7.11 Å². The van der Waals surface area contributed by atoms with Gasteiger partial charge >= 0.3 is 6.09 Å². The summed E-state index contributed by atoms with van der Waals surface area (Å²) in [7, 11) is 2.96. The number of alkyl carbamates (subject to hydrolysis) is 1. The van der Waals surface area contributed by atoms with Crippen LogP contribution in [0.25, 0.3) is 44.2 Å². The summed E-state index contributed by atoms with van der Waals surface area (Å²) in [6.07, 6.45) is 5.26. The zero-order chi connectivity index (χ0) is 40.8. The van der Waals surface area contributed by atoms with E-state index in [9.17, 15) is 14.4 Å². The molecule has 306 valence electrons. The maximum atomic E-state index is 13.9. The molecule has 5 aromatic rings. The van der Waals surface area contributed by atoms with Gasteiger partial charge in [-0.3, -0.25) is 9.59 Å². The van der Waals surface area contributed by atoms with E-state index in [1.807, 2.05) is 24.9 Å². The molecule has 3 aromatic carbocycles. The third kappa shape index (κ3) is 7.29. The number of hydrogen-bond donors (Lipinski definition) is 3. The molecule has 3 aliphatic rings. The van der Waals surface area contributed by atoms with Crippen molar-refractivity contribution in [1.29, 1.82) is 0 Å². The normalized spacial score (nSPS) is 21.2. The van der Waals surface area contributed by atoms with Crippen LogP contribution in [0.5, 0.6) is 5.75 Å². The van der Waals surface area contributed by atoms with Crippen LogP contribution in [0, 0.1) is 17.8 Å². The number of likely N-dealkylation sites (tertiary alicyclic amines) is 2. The monoisotopic (exact) mass is 789 g/mol. The van der Waals surface area contributed by atoms with Crippen molar-refractivity contribution in [1.82, 2.24) is 35.1 Å². The second-order valence-corrected chi connectivity index (χ2v) is 16.9. The highest BCUT2D eigenvalue weighted by atomic mass is 16.5. The Hall–Kier alpha value is -5.43. The highest BCUT2D eigenvalue weighted by Gasteiger charge is 2.42. The van der Waals surface area contributed by atoms with E-state index < -0.39 is 12.1 Å². The number of amides is 3. The third-order valence-corrected chi connectivity index (χ3v) is 12.5. The molecule has 6 atom stereocenters. The topological polar surface area (TPSA) is 155 Å². The fourth-order valence-corrected chi connectivity index (χ4v) is 9.16. The van der Waals surface area contributed by atoms with Gasteiger partial charge < -0.3 is 39.3 Å². The Bertz CT molecular complexity index is 2350. The number of aromatic nitrogens is 4. The maximum Gasteiger partial charge on any atom is 0.407 e. The molecule has 3 amide bonds. The van der Waals surface area contributed by atoms with Crippen molar-refractivity contribution >= 4 is 39.7 Å². The molecule has 3 N–H and O–H groups in total. The van der Waals surface area contributed by atoms with Crippen molar-refractivity contribution in [2.24, 2.45) is 17.8 Å². The standard InChI is InChI=1S/C45H55N7O6/c1-8-25(4)15-39(53)52-26(5)9-14-36(52)43-47-34-13-11-28-18-33-31-12-10-29(17-30(31)23-58-38(33)19-32(28)41(34)49-43)35-20-46-42(48-35)37-16-27(22-56-6)21-51(37)44(54)40(24(2)3)50-45(55)57-7/h10-13,17-20,24-27,36-37,40H,8-9,14-16,21-23H2,1-7H3,(H,46,48)(H,47,49)(H,50,55)/t25-,26-,27-,36?,37?,40-/m0/s1. The molecule has 0 saturated carbocycles. The van der Waals surface area contributed by atoms with Gasteiger partial charge in [0.15, 0.2) is 0 Å². The predicted octanol–water partition coefficient (Wildman–Crippen LogP) is 8.07. The molecule has 2 unspecified atom stereocenters. The van der Waals surface area contributed by atoms with Crippen molar-refractivity contribution in [2.45, 2.75) is 97.5 Å². The number of nitrogens with zero attached hydrogens (tertiary/aromatic N) is 4. The van der Waals surface area contributed by atoms with Gasteiger partial charge in [-0.1, -0.05) is 52.3 Å². The highest BCUT2D eigenvalue weighted by molar-refractivity contribution is 6.07. The number of aromatic amines is 2. The SMILES string of the molecule is CC[C@H](C)CC(=O)N1C(c2nc3c(ccc4cc5c(cc43)OCc3cc(-c4cnc(C6C[C@H](COC)CN6C(=O)[C@@H](NC(=O)OC)C(C)C)[nH]4)ccc3-5)[nH]2)CC[C@@H]1C. The molecule has 13 nitrogen and oxygen atoms in total. The van der Waals surface area contributed by atoms with Crippen LogP contribution >= 0.6 is 0 Å². The Labute approximate surface area is 339 Å². The molecule has 0 radical (unpaired) electrons. The number of methoxy groups -OCH3 is 2. The fourth-order valence-electron chi connectivity index (χ4n) is 9.16. The quantitative estimate of drug-likeness (QED) is 0.121. The zero-order valence-electron chi connectivity index (χ0n) is 34.6. The lowest BCUT2D eigenvalue weighted by Crippen LogP contribution is -2.51. The third-order valence-electron chi connectivity index (χ3n) is 12.5. The molecule has 2 saturated heterocycles. The van der Waals surface area contributed by atoms with Crippen LogP contribution in [-0.4, -0.2) is 87.1 Å². The van der Waals surface area contributed by atoms with E-state index in [0.29, 0.717) is 44.3 Å². The van der Waals surface area contributed by atoms with Crippen LogP contribution in [-0.2, 0) is 25.7 Å². The van der Waals surface area contributed by atoms with Crippen molar-refractivity contribution < 1.29 is 28.6 Å². The summed E-state index contributed by atoms with van der Waals surface area (Å²) in [5.41, 5.74) is 6.84. The van der Waals surface area contributed by atoms with Gasteiger partial charge in [0.1, 0.15) is 30.0 Å². The van der Waals surface area contributed by atoms with E-state index in [-0.39, 0.29) is 41.8 Å². The summed E-state index contributed by atoms with van der Waals surface area (Å²) < 4.78 is 16.7. The lowest BCUT2D eigenvalue weighted by atomic mass is 9.92. The first kappa shape index (κ1) is 39.4. The number of H-pyrrole nitrogens is 2. The molecule has 2 aromatic heterocycles. The van der Waals surface area contributed by atoms with E-state index in [0.717, 1.165) is 80.6 Å². The number of imidazole rings is 2. The molecular weight excluding hydrogens is 735 g/mol. The molecule has 2 fully saturated rings. The molecule has 8 rings (SSSR count).